The van der Waals surface area contributed by atoms with E-state index in [0.29, 0.717) is 19.5 Å². The number of carbonyl (C=O) groups is 2. The number of hydrogen-bond donors (Lipinski definition) is 2. The minimum absolute atomic E-state index is 0. The van der Waals surface area contributed by atoms with Gasteiger partial charge in [-0.1, -0.05) is 18.2 Å². The molecule has 1 atom stereocenters. The Labute approximate surface area is 135 Å². The van der Waals surface area contributed by atoms with Gasteiger partial charge in [0.05, 0.1) is 13.7 Å². The highest BCUT2D eigenvalue weighted by Gasteiger charge is 2.31. The smallest absolute Gasteiger partial charge is 0.320 e. The molecule has 122 valence electrons. The van der Waals surface area contributed by atoms with E-state index >= 15 is 0 Å². The monoisotopic (exact) mass is 328 g/mol. The van der Waals surface area contributed by atoms with Crippen LogP contribution in [0.4, 0.5) is 0 Å². The van der Waals surface area contributed by atoms with Gasteiger partial charge in [-0.25, -0.2) is 0 Å². The van der Waals surface area contributed by atoms with E-state index < -0.39 is 12.0 Å². The number of amides is 1. The van der Waals surface area contributed by atoms with E-state index in [1.54, 1.807) is 12.0 Å². The largest absolute Gasteiger partial charge is 0.496 e. The van der Waals surface area contributed by atoms with Crippen LogP contribution in [0.15, 0.2) is 24.3 Å². The lowest BCUT2D eigenvalue weighted by Crippen LogP contribution is -2.42. The van der Waals surface area contributed by atoms with Crippen LogP contribution in [0.5, 0.6) is 5.75 Å². The van der Waals surface area contributed by atoms with E-state index in [4.69, 9.17) is 9.84 Å². The molecule has 1 amide bonds. The average molecular weight is 329 g/mol. The number of aliphatic carboxylic acids is 1. The van der Waals surface area contributed by atoms with Gasteiger partial charge in [0.15, 0.2) is 0 Å². The lowest BCUT2D eigenvalue weighted by molar-refractivity contribution is -0.142. The van der Waals surface area contributed by atoms with Gasteiger partial charge in [0.1, 0.15) is 11.8 Å². The highest BCUT2D eigenvalue weighted by atomic mass is 35.5. The van der Waals surface area contributed by atoms with Crippen molar-refractivity contribution >= 4 is 24.3 Å². The number of rotatable bonds is 6. The lowest BCUT2D eigenvalue weighted by atomic mass is 10.2. The molecule has 1 aliphatic heterocycles. The summed E-state index contributed by atoms with van der Waals surface area (Å²) in [5, 5.41) is 11.9. The van der Waals surface area contributed by atoms with Crippen LogP contribution in [0.25, 0.3) is 0 Å². The van der Waals surface area contributed by atoms with Crippen molar-refractivity contribution in [2.45, 2.75) is 25.4 Å². The summed E-state index contributed by atoms with van der Waals surface area (Å²) < 4.78 is 5.22. The van der Waals surface area contributed by atoms with Gasteiger partial charge in [0.2, 0.25) is 5.91 Å². The van der Waals surface area contributed by atoms with Crippen LogP contribution in [-0.2, 0) is 16.1 Å². The first-order valence-corrected chi connectivity index (χ1v) is 6.97. The first kappa shape index (κ1) is 18.3. The van der Waals surface area contributed by atoms with Crippen LogP contribution in [0.3, 0.4) is 0 Å². The number of carboxylic acid groups (broad SMARTS) is 1. The van der Waals surface area contributed by atoms with Crippen LogP contribution < -0.4 is 10.1 Å². The molecule has 2 rings (SSSR count). The Bertz CT molecular complexity index is 524. The van der Waals surface area contributed by atoms with Crippen molar-refractivity contribution in [3.05, 3.63) is 29.8 Å². The predicted octanol–water partition coefficient (Wildman–Crippen LogP) is 1.28. The molecular formula is C15H21ClN2O4. The molecule has 1 unspecified atom stereocenters. The van der Waals surface area contributed by atoms with Gasteiger partial charge in [-0.05, 0) is 25.5 Å². The third-order valence-electron chi connectivity index (χ3n) is 3.66. The normalized spacial score (nSPS) is 17.6. The van der Waals surface area contributed by atoms with E-state index in [9.17, 15) is 9.59 Å². The molecule has 0 aliphatic carbocycles. The van der Waals surface area contributed by atoms with Gasteiger partial charge in [-0.3, -0.25) is 14.5 Å². The number of para-hydroxylation sites is 1. The second-order valence-electron chi connectivity index (χ2n) is 5.06. The number of nitrogens with zero attached hydrogens (tertiary/aromatic N) is 1. The molecule has 1 heterocycles. The molecular weight excluding hydrogens is 308 g/mol. The number of ether oxygens (including phenoxy) is 1. The van der Waals surface area contributed by atoms with Crippen LogP contribution in [0.1, 0.15) is 18.4 Å². The van der Waals surface area contributed by atoms with Crippen molar-refractivity contribution in [2.24, 2.45) is 0 Å². The third-order valence-corrected chi connectivity index (χ3v) is 3.66. The van der Waals surface area contributed by atoms with Crippen LogP contribution in [-0.4, -0.2) is 48.1 Å². The number of likely N-dealkylation sites (tertiary alicyclic amines) is 1. The number of methoxy groups -OCH3 is 1. The Balaban J connectivity index is 0.00000242. The number of hydrogen-bond acceptors (Lipinski definition) is 4. The molecule has 0 aromatic heterocycles. The van der Waals surface area contributed by atoms with Gasteiger partial charge in [0, 0.05) is 12.1 Å². The summed E-state index contributed by atoms with van der Waals surface area (Å²) >= 11 is 0. The quantitative estimate of drug-likeness (QED) is 0.822. The number of halogens is 1. The average Bonchev–Trinajstić information content (AvgIpc) is 2.93. The minimum atomic E-state index is -0.856. The summed E-state index contributed by atoms with van der Waals surface area (Å²) in [6.45, 7) is 1.14. The fraction of sp³-hybridized carbons (Fsp3) is 0.467. The Hall–Kier alpha value is -1.79. The molecule has 1 fully saturated rings. The molecule has 0 bridgehead atoms. The second-order valence-corrected chi connectivity index (χ2v) is 5.06. The summed E-state index contributed by atoms with van der Waals surface area (Å²) in [5.41, 5.74) is 0.893. The Morgan fingerprint density at radius 3 is 2.82 bits per heavy atom. The summed E-state index contributed by atoms with van der Waals surface area (Å²) in [7, 11) is 1.59. The highest BCUT2D eigenvalue weighted by molar-refractivity contribution is 5.85. The molecule has 22 heavy (non-hydrogen) atoms. The predicted molar refractivity (Wildman–Crippen MR) is 84.3 cm³/mol. The van der Waals surface area contributed by atoms with Crippen molar-refractivity contribution in [3.63, 3.8) is 0 Å². The highest BCUT2D eigenvalue weighted by Crippen LogP contribution is 2.18. The minimum Gasteiger partial charge on any atom is -0.496 e. The van der Waals surface area contributed by atoms with Crippen molar-refractivity contribution in [2.75, 3.05) is 20.2 Å². The van der Waals surface area contributed by atoms with Crippen molar-refractivity contribution < 1.29 is 19.4 Å². The van der Waals surface area contributed by atoms with E-state index in [1.807, 2.05) is 24.3 Å². The molecule has 1 aromatic rings. The lowest BCUT2D eigenvalue weighted by Gasteiger charge is -2.20. The third kappa shape index (κ3) is 4.61. The fourth-order valence-electron chi connectivity index (χ4n) is 2.58. The van der Waals surface area contributed by atoms with Gasteiger partial charge in [-0.15, -0.1) is 12.4 Å². The van der Waals surface area contributed by atoms with Crippen molar-refractivity contribution in [3.8, 4) is 5.75 Å². The van der Waals surface area contributed by atoms with Crippen LogP contribution in [0, 0.1) is 0 Å². The molecule has 7 heteroatoms. The summed E-state index contributed by atoms with van der Waals surface area (Å²) in [5.74, 6) is -0.304. The van der Waals surface area contributed by atoms with E-state index in [0.717, 1.165) is 17.7 Å². The molecule has 1 aromatic carbocycles. The number of carboxylic acids is 1. The standard InChI is InChI=1S/C15H20N2O4.ClH/c1-21-13-7-3-2-5-11(13)9-16-14(18)10-17-8-4-6-12(17)15(19)20;/h2-3,5,7,12H,4,6,8-10H2,1H3,(H,16,18)(H,19,20);1H. The first-order valence-electron chi connectivity index (χ1n) is 6.97. The molecule has 6 nitrogen and oxygen atoms in total. The number of benzene rings is 1. The summed E-state index contributed by atoms with van der Waals surface area (Å²) in [6, 6.07) is 6.93. The second kappa shape index (κ2) is 8.60. The SMILES string of the molecule is COc1ccccc1CNC(=O)CN1CCCC1C(=O)O.Cl. The van der Waals surface area contributed by atoms with Crippen molar-refractivity contribution in [1.29, 1.82) is 0 Å². The fourth-order valence-corrected chi connectivity index (χ4v) is 2.58. The van der Waals surface area contributed by atoms with Crippen LogP contribution in [0.2, 0.25) is 0 Å². The number of carbonyl (C=O) groups excluding carboxylic acids is 1. The summed E-state index contributed by atoms with van der Waals surface area (Å²) in [4.78, 5) is 24.7. The molecule has 0 spiro atoms. The Morgan fingerprint density at radius 1 is 1.41 bits per heavy atom. The molecule has 0 radical (unpaired) electrons. The zero-order valence-electron chi connectivity index (χ0n) is 12.4. The molecule has 1 saturated heterocycles. The topological polar surface area (TPSA) is 78.9 Å². The molecule has 2 N–H and O–H groups in total. The van der Waals surface area contributed by atoms with Gasteiger partial charge in [-0.2, -0.15) is 0 Å². The molecule has 0 saturated carbocycles. The Kier molecular flexibility index (Phi) is 7.14. The Morgan fingerprint density at radius 2 is 2.14 bits per heavy atom. The van der Waals surface area contributed by atoms with Crippen LogP contribution >= 0.6 is 12.4 Å². The van der Waals surface area contributed by atoms with E-state index in [-0.39, 0.29) is 24.9 Å². The van der Waals surface area contributed by atoms with Gasteiger partial charge >= 0.3 is 5.97 Å². The molecule has 1 aliphatic rings. The maximum atomic E-state index is 12.0. The van der Waals surface area contributed by atoms with Crippen molar-refractivity contribution in [1.82, 2.24) is 10.2 Å². The first-order chi connectivity index (χ1) is 10.1. The van der Waals surface area contributed by atoms with Gasteiger partial charge in [0.25, 0.3) is 0 Å². The van der Waals surface area contributed by atoms with E-state index in [2.05, 4.69) is 5.32 Å². The van der Waals surface area contributed by atoms with E-state index in [1.165, 1.54) is 0 Å². The maximum absolute atomic E-state index is 12.0. The zero-order valence-corrected chi connectivity index (χ0v) is 13.3. The maximum Gasteiger partial charge on any atom is 0.320 e. The zero-order chi connectivity index (χ0) is 15.2. The van der Waals surface area contributed by atoms with Gasteiger partial charge < -0.3 is 15.2 Å². The number of nitrogens with one attached hydrogen (secondary N) is 1. The summed E-state index contributed by atoms with van der Waals surface area (Å²) in [6.07, 6.45) is 1.42.